The minimum absolute atomic E-state index is 0.0288. The van der Waals surface area contributed by atoms with Crippen molar-refractivity contribution in [1.29, 1.82) is 0 Å². The van der Waals surface area contributed by atoms with Gasteiger partial charge in [-0.25, -0.2) is 9.37 Å². The zero-order valence-electron chi connectivity index (χ0n) is 15.9. The summed E-state index contributed by atoms with van der Waals surface area (Å²) >= 11 is 0. The number of nitrogens with zero attached hydrogens (tertiary/aromatic N) is 5. The molecular weight excluding hydrogens is 418 g/mol. The predicted octanol–water partition coefficient (Wildman–Crippen LogP) is 3.39. The molecule has 0 radical (unpaired) electrons. The molecule has 7 nitrogen and oxygen atoms in total. The van der Waals surface area contributed by atoms with Gasteiger partial charge in [-0.2, -0.15) is 18.2 Å². The van der Waals surface area contributed by atoms with E-state index in [0.717, 1.165) is 6.42 Å². The van der Waals surface area contributed by atoms with Crippen molar-refractivity contribution >= 4 is 11.7 Å². The molecule has 1 aromatic carbocycles. The molecule has 2 unspecified atom stereocenters. The Labute approximate surface area is 173 Å². The monoisotopic (exact) mass is 433 g/mol. The maximum atomic E-state index is 14.0. The Morgan fingerprint density at radius 3 is 2.52 bits per heavy atom. The Hall–Kier alpha value is -3.50. The third-order valence-electron chi connectivity index (χ3n) is 5.57. The number of rotatable bonds is 3. The first-order chi connectivity index (χ1) is 14.8. The lowest BCUT2D eigenvalue weighted by molar-refractivity contribution is -0.159. The third kappa shape index (κ3) is 3.39. The number of benzene rings is 1. The summed E-state index contributed by atoms with van der Waals surface area (Å²) in [6.45, 7) is 0.985. The number of carbonyl (C=O) groups is 1. The van der Waals surface area contributed by atoms with Crippen LogP contribution in [0.25, 0.3) is 11.4 Å². The molecule has 0 spiro atoms. The summed E-state index contributed by atoms with van der Waals surface area (Å²) in [6, 6.07) is 9.11. The number of fused-ring (bicyclic) bond motifs is 2. The fourth-order valence-electron chi connectivity index (χ4n) is 4.13. The zero-order valence-corrected chi connectivity index (χ0v) is 15.9. The van der Waals surface area contributed by atoms with Crippen LogP contribution in [0.15, 0.2) is 47.1 Å². The molecule has 0 saturated carbocycles. The van der Waals surface area contributed by atoms with E-state index < -0.39 is 17.9 Å². The van der Waals surface area contributed by atoms with E-state index in [9.17, 15) is 22.4 Å². The first-order valence-corrected chi connectivity index (χ1v) is 9.51. The molecule has 2 atom stereocenters. The summed E-state index contributed by atoms with van der Waals surface area (Å²) in [6.07, 6.45) is -2.59. The van der Waals surface area contributed by atoms with Gasteiger partial charge in [-0.05, 0) is 30.7 Å². The summed E-state index contributed by atoms with van der Waals surface area (Å²) in [5.74, 6) is -1.85. The number of amides is 1. The molecule has 3 aromatic rings. The summed E-state index contributed by atoms with van der Waals surface area (Å²) in [5, 5.41) is 3.35. The summed E-state index contributed by atoms with van der Waals surface area (Å²) in [5.41, 5.74) is 0.353. The fraction of sp³-hybridized carbons (Fsp3) is 0.300. The second kappa shape index (κ2) is 7.03. The van der Waals surface area contributed by atoms with Crippen molar-refractivity contribution in [1.82, 2.24) is 20.0 Å². The predicted molar refractivity (Wildman–Crippen MR) is 99.5 cm³/mol. The number of hydrogen-bond donors (Lipinski definition) is 0. The van der Waals surface area contributed by atoms with Gasteiger partial charge in [0, 0.05) is 24.8 Å². The number of anilines is 1. The molecule has 31 heavy (non-hydrogen) atoms. The molecular formula is C20H15F4N5O2. The Balaban J connectivity index is 1.29. The molecule has 2 fully saturated rings. The summed E-state index contributed by atoms with van der Waals surface area (Å²) in [4.78, 5) is 24.1. The van der Waals surface area contributed by atoms with Crippen molar-refractivity contribution in [3.63, 3.8) is 0 Å². The van der Waals surface area contributed by atoms with Gasteiger partial charge in [0.05, 0.1) is 17.6 Å². The number of piperazine rings is 1. The molecule has 2 aliphatic rings. The van der Waals surface area contributed by atoms with Crippen molar-refractivity contribution in [3.05, 3.63) is 59.9 Å². The quantitative estimate of drug-likeness (QED) is 0.590. The lowest BCUT2D eigenvalue weighted by Crippen LogP contribution is -2.49. The number of alkyl halides is 3. The van der Waals surface area contributed by atoms with Gasteiger partial charge in [0.15, 0.2) is 0 Å². The van der Waals surface area contributed by atoms with Crippen LogP contribution in [-0.4, -0.2) is 51.1 Å². The minimum atomic E-state index is -4.71. The lowest BCUT2D eigenvalue weighted by atomic mass is 10.1. The van der Waals surface area contributed by atoms with E-state index in [1.165, 1.54) is 24.4 Å². The van der Waals surface area contributed by atoms with Gasteiger partial charge in [-0.1, -0.05) is 17.3 Å². The molecule has 2 bridgehead atoms. The highest BCUT2D eigenvalue weighted by atomic mass is 19.4. The molecule has 0 N–H and O–H groups in total. The van der Waals surface area contributed by atoms with Gasteiger partial charge < -0.3 is 14.3 Å². The molecule has 11 heteroatoms. The Morgan fingerprint density at radius 1 is 1.10 bits per heavy atom. The van der Waals surface area contributed by atoms with Crippen LogP contribution in [0.3, 0.4) is 0 Å². The highest BCUT2D eigenvalue weighted by Crippen LogP contribution is 2.35. The average Bonchev–Trinajstić information content (AvgIpc) is 3.49. The molecule has 2 saturated heterocycles. The van der Waals surface area contributed by atoms with Gasteiger partial charge in [0.1, 0.15) is 11.6 Å². The van der Waals surface area contributed by atoms with E-state index >= 15 is 0 Å². The smallest absolute Gasteiger partial charge is 0.350 e. The van der Waals surface area contributed by atoms with E-state index in [2.05, 4.69) is 19.6 Å². The van der Waals surface area contributed by atoms with Crippen LogP contribution in [-0.2, 0) is 6.18 Å². The normalized spacial score (nSPS) is 20.5. The standard InChI is InChI=1S/C20H15F4N5O2/c21-15-4-2-1-3-14(15)18(30)29-10-12-7-13(29)9-28(12)16-6-5-11(8-25-16)17-26-19(31-27-17)20(22,23)24/h1-6,8,12-13H,7,9-10H2. The van der Waals surface area contributed by atoms with Gasteiger partial charge in [0.25, 0.3) is 5.91 Å². The van der Waals surface area contributed by atoms with Crippen LogP contribution >= 0.6 is 0 Å². The van der Waals surface area contributed by atoms with Crippen molar-refractivity contribution in [2.45, 2.75) is 24.7 Å². The number of halogens is 4. The van der Waals surface area contributed by atoms with E-state index in [1.807, 2.05) is 4.90 Å². The second-order valence-corrected chi connectivity index (χ2v) is 7.46. The van der Waals surface area contributed by atoms with Gasteiger partial charge in [-0.15, -0.1) is 0 Å². The van der Waals surface area contributed by atoms with E-state index in [-0.39, 0.29) is 29.4 Å². The topological polar surface area (TPSA) is 75.4 Å². The number of hydrogen-bond acceptors (Lipinski definition) is 6. The number of carbonyl (C=O) groups excluding carboxylic acids is 1. The Bertz CT molecular complexity index is 1130. The van der Waals surface area contributed by atoms with Crippen molar-refractivity contribution in [2.24, 2.45) is 0 Å². The highest BCUT2D eigenvalue weighted by Gasteiger charge is 2.46. The molecule has 160 valence electrons. The molecule has 1 amide bonds. The molecule has 2 aliphatic heterocycles. The summed E-state index contributed by atoms with van der Waals surface area (Å²) < 4.78 is 56.1. The maximum absolute atomic E-state index is 14.0. The van der Waals surface area contributed by atoms with Crippen LogP contribution in [0.1, 0.15) is 22.7 Å². The minimum Gasteiger partial charge on any atom is -0.350 e. The largest absolute Gasteiger partial charge is 0.471 e. The number of aromatic nitrogens is 3. The first-order valence-electron chi connectivity index (χ1n) is 9.51. The van der Waals surface area contributed by atoms with Crippen molar-refractivity contribution in [2.75, 3.05) is 18.0 Å². The molecule has 5 rings (SSSR count). The van der Waals surface area contributed by atoms with Crippen molar-refractivity contribution in [3.8, 4) is 11.4 Å². The summed E-state index contributed by atoms with van der Waals surface area (Å²) in [7, 11) is 0. The van der Waals surface area contributed by atoms with Crippen LogP contribution < -0.4 is 4.90 Å². The van der Waals surface area contributed by atoms with Gasteiger partial charge >= 0.3 is 12.1 Å². The van der Waals surface area contributed by atoms with E-state index in [4.69, 9.17) is 0 Å². The average molecular weight is 433 g/mol. The van der Waals surface area contributed by atoms with Crippen LogP contribution in [0, 0.1) is 5.82 Å². The molecule has 4 heterocycles. The van der Waals surface area contributed by atoms with Gasteiger partial charge in [0.2, 0.25) is 5.82 Å². The number of pyridine rings is 1. The number of likely N-dealkylation sites (tertiary alicyclic amines) is 1. The molecule has 0 aliphatic carbocycles. The first kappa shape index (κ1) is 19.5. The second-order valence-electron chi connectivity index (χ2n) is 7.46. The van der Waals surface area contributed by atoms with Crippen molar-refractivity contribution < 1.29 is 26.9 Å². The third-order valence-corrected chi connectivity index (χ3v) is 5.57. The highest BCUT2D eigenvalue weighted by molar-refractivity contribution is 5.95. The fourth-order valence-corrected chi connectivity index (χ4v) is 4.13. The van der Waals surface area contributed by atoms with Crippen LogP contribution in [0.5, 0.6) is 0 Å². The maximum Gasteiger partial charge on any atom is 0.471 e. The Kier molecular flexibility index (Phi) is 4.42. The van der Waals surface area contributed by atoms with Gasteiger partial charge in [-0.3, -0.25) is 4.79 Å². The van der Waals surface area contributed by atoms with Crippen LogP contribution in [0.4, 0.5) is 23.4 Å². The lowest BCUT2D eigenvalue weighted by Gasteiger charge is -2.35. The SMILES string of the molecule is O=C(c1ccccc1F)N1CC2CC1CN2c1ccc(-c2noc(C(F)(F)F)n2)cn1. The van der Waals surface area contributed by atoms with E-state index in [1.54, 1.807) is 23.1 Å². The van der Waals surface area contributed by atoms with E-state index in [0.29, 0.717) is 24.5 Å². The Morgan fingerprint density at radius 2 is 1.90 bits per heavy atom. The molecule has 2 aromatic heterocycles. The van der Waals surface area contributed by atoms with Crippen LogP contribution in [0.2, 0.25) is 0 Å². The zero-order chi connectivity index (χ0) is 21.8.